The summed E-state index contributed by atoms with van der Waals surface area (Å²) >= 11 is 0. The molecule has 0 spiro atoms. The van der Waals surface area contributed by atoms with E-state index in [2.05, 4.69) is 4.74 Å². The van der Waals surface area contributed by atoms with Crippen molar-refractivity contribution in [2.75, 3.05) is 0 Å². The van der Waals surface area contributed by atoms with Crippen LogP contribution in [0.15, 0.2) is 0 Å². The largest absolute Gasteiger partial charge is 0.479 e. The second kappa shape index (κ2) is 7.45. The van der Waals surface area contributed by atoms with Gasteiger partial charge in [-0.1, -0.05) is 0 Å². The molecule has 2 rings (SSSR count). The van der Waals surface area contributed by atoms with Gasteiger partial charge in [0.1, 0.15) is 36.6 Å². The fourth-order valence-corrected chi connectivity index (χ4v) is 2.52. The Balaban J connectivity index is 2.22. The lowest BCUT2D eigenvalue weighted by molar-refractivity contribution is -0.346. The van der Waals surface area contributed by atoms with E-state index in [0.29, 0.717) is 0 Å². The van der Waals surface area contributed by atoms with Crippen molar-refractivity contribution in [2.45, 2.75) is 61.4 Å². The van der Waals surface area contributed by atoms with E-state index in [0.717, 1.165) is 0 Å². The lowest BCUT2D eigenvalue weighted by Crippen LogP contribution is -2.65. The molecule has 2 heterocycles. The molecule has 0 amide bonds. The second-order valence-corrected chi connectivity index (χ2v) is 5.60. The molecule has 25 heavy (non-hydrogen) atoms. The van der Waals surface area contributed by atoms with E-state index < -0.39 is 73.4 Å². The molecule has 10 atom stereocenters. The zero-order valence-corrected chi connectivity index (χ0v) is 12.4. The molecule has 2 saturated heterocycles. The fraction of sp³-hybridized carbons (Fsp3) is 0.833. The van der Waals surface area contributed by atoms with Gasteiger partial charge in [-0.3, -0.25) is 0 Å². The Morgan fingerprint density at radius 2 is 1.24 bits per heavy atom. The van der Waals surface area contributed by atoms with Crippen LogP contribution in [0.3, 0.4) is 0 Å². The molecule has 2 fully saturated rings. The summed E-state index contributed by atoms with van der Waals surface area (Å²) in [5.74, 6) is -3.39. The molecule has 0 aromatic rings. The average molecular weight is 370 g/mol. The third-order valence-electron chi connectivity index (χ3n) is 3.91. The van der Waals surface area contributed by atoms with Crippen molar-refractivity contribution in [3.8, 4) is 0 Å². The van der Waals surface area contributed by atoms with Crippen LogP contribution >= 0.6 is 0 Å². The van der Waals surface area contributed by atoms with Crippen molar-refractivity contribution < 1.29 is 64.7 Å². The molecule has 8 N–H and O–H groups in total. The second-order valence-electron chi connectivity index (χ2n) is 5.60. The molecular weight excluding hydrogens is 352 g/mol. The Morgan fingerprint density at radius 1 is 0.680 bits per heavy atom. The number of aliphatic hydroxyl groups is 6. The minimum absolute atomic E-state index is 1.70. The van der Waals surface area contributed by atoms with Crippen LogP contribution in [0.1, 0.15) is 0 Å². The molecule has 0 saturated carbocycles. The number of carboxylic acid groups (broad SMARTS) is 2. The lowest BCUT2D eigenvalue weighted by atomic mass is 9.96. The molecule has 2 aliphatic rings. The Hall–Kier alpha value is -1.42. The fourth-order valence-electron chi connectivity index (χ4n) is 2.52. The van der Waals surface area contributed by atoms with Crippen LogP contribution in [0, 0.1) is 0 Å². The highest BCUT2D eigenvalue weighted by molar-refractivity contribution is 5.74. The van der Waals surface area contributed by atoms with E-state index in [1.54, 1.807) is 0 Å². The van der Waals surface area contributed by atoms with E-state index in [9.17, 15) is 40.2 Å². The number of hydrogen-bond donors (Lipinski definition) is 8. The molecule has 0 radical (unpaired) electrons. The molecule has 13 heteroatoms. The van der Waals surface area contributed by atoms with Crippen molar-refractivity contribution in [1.82, 2.24) is 0 Å². The molecule has 0 aromatic carbocycles. The summed E-state index contributed by atoms with van der Waals surface area (Å²) in [6, 6.07) is 0. The van der Waals surface area contributed by atoms with E-state index >= 15 is 0 Å². The van der Waals surface area contributed by atoms with Crippen molar-refractivity contribution in [3.63, 3.8) is 0 Å². The van der Waals surface area contributed by atoms with Gasteiger partial charge in [0, 0.05) is 0 Å². The minimum Gasteiger partial charge on any atom is -0.479 e. The maximum Gasteiger partial charge on any atom is 0.335 e. The number of carboxylic acids is 2. The number of hydrogen-bond acceptors (Lipinski definition) is 11. The minimum atomic E-state index is -2.03. The molecule has 144 valence electrons. The first-order valence-electron chi connectivity index (χ1n) is 7.06. The number of aliphatic hydroxyl groups excluding tert-OH is 6. The molecule has 0 bridgehead atoms. The topological polar surface area (TPSA) is 224 Å². The average Bonchev–Trinajstić information content (AvgIpc) is 2.54. The molecular formula is C12H18O13. The zero-order valence-electron chi connectivity index (χ0n) is 12.4. The maximum absolute atomic E-state index is 11.2. The van der Waals surface area contributed by atoms with Gasteiger partial charge in [-0.15, -0.1) is 0 Å². The Morgan fingerprint density at radius 3 is 1.76 bits per heavy atom. The van der Waals surface area contributed by atoms with Gasteiger partial charge < -0.3 is 55.1 Å². The highest BCUT2D eigenvalue weighted by atomic mass is 16.7. The van der Waals surface area contributed by atoms with Crippen LogP contribution < -0.4 is 0 Å². The predicted octanol–water partition coefficient (Wildman–Crippen LogP) is -5.21. The maximum atomic E-state index is 11.2. The SMILES string of the molecule is O=C(O)[C@H]1OC(O[C@H]2[C@@H](C(=O)O)OC(O)C(O)[C@H]2O)C(O)[C@@H](O)[C@H]1O. The summed E-state index contributed by atoms with van der Waals surface area (Å²) in [5, 5.41) is 75.9. The number of aliphatic carboxylic acids is 2. The third kappa shape index (κ3) is 3.74. The highest BCUT2D eigenvalue weighted by Crippen LogP contribution is 2.28. The van der Waals surface area contributed by atoms with Gasteiger partial charge in [-0.2, -0.15) is 0 Å². The van der Waals surface area contributed by atoms with Crippen molar-refractivity contribution in [2.24, 2.45) is 0 Å². The van der Waals surface area contributed by atoms with Crippen molar-refractivity contribution >= 4 is 11.9 Å². The van der Waals surface area contributed by atoms with Gasteiger partial charge in [0.05, 0.1) is 0 Å². The van der Waals surface area contributed by atoms with Crippen LogP contribution in [0.5, 0.6) is 0 Å². The first kappa shape index (κ1) is 19.9. The van der Waals surface area contributed by atoms with Gasteiger partial charge in [-0.05, 0) is 0 Å². The van der Waals surface area contributed by atoms with E-state index in [1.807, 2.05) is 0 Å². The van der Waals surface area contributed by atoms with Gasteiger partial charge in [-0.25, -0.2) is 9.59 Å². The summed E-state index contributed by atoms with van der Waals surface area (Å²) in [7, 11) is 0. The summed E-state index contributed by atoms with van der Waals surface area (Å²) in [6.45, 7) is 0. The molecule has 13 nitrogen and oxygen atoms in total. The van der Waals surface area contributed by atoms with Crippen LogP contribution in [0.25, 0.3) is 0 Å². The van der Waals surface area contributed by atoms with Gasteiger partial charge in [0.15, 0.2) is 24.8 Å². The third-order valence-corrected chi connectivity index (χ3v) is 3.91. The summed E-state index contributed by atoms with van der Waals surface area (Å²) in [4.78, 5) is 22.2. The first-order valence-corrected chi connectivity index (χ1v) is 7.06. The first-order chi connectivity index (χ1) is 11.6. The normalized spacial score (nSPS) is 48.1. The lowest BCUT2D eigenvalue weighted by Gasteiger charge is -2.44. The van der Waals surface area contributed by atoms with Crippen LogP contribution in [-0.2, 0) is 23.8 Å². The highest BCUT2D eigenvalue weighted by Gasteiger charge is 2.53. The monoisotopic (exact) mass is 370 g/mol. The Kier molecular flexibility index (Phi) is 5.93. The van der Waals surface area contributed by atoms with Crippen LogP contribution in [0.4, 0.5) is 0 Å². The number of ether oxygens (including phenoxy) is 3. The standard InChI is InChI=1S/C12H18O13/c13-1-2(14)7(9(18)19)25-12(5(1)17)24-6-3(15)4(16)11(22)23-8(6)10(20)21/h1-8,11-17,22H,(H,18,19)(H,20,21)/t1-,2+,3+,4?,5?,6+,7-,8-,11?,12?/m0/s1. The van der Waals surface area contributed by atoms with Gasteiger partial charge in [0.25, 0.3) is 0 Å². The van der Waals surface area contributed by atoms with Crippen molar-refractivity contribution in [3.05, 3.63) is 0 Å². The van der Waals surface area contributed by atoms with Gasteiger partial charge in [0.2, 0.25) is 0 Å². The Labute approximate surface area is 139 Å². The summed E-state index contributed by atoms with van der Waals surface area (Å²) in [6.07, 6.45) is -19.9. The molecule has 0 aromatic heterocycles. The number of rotatable bonds is 4. The Bertz CT molecular complexity index is 511. The van der Waals surface area contributed by atoms with Crippen molar-refractivity contribution in [1.29, 1.82) is 0 Å². The van der Waals surface area contributed by atoms with Crippen LogP contribution in [0.2, 0.25) is 0 Å². The molecule has 2 aliphatic heterocycles. The zero-order chi connectivity index (χ0) is 19.0. The van der Waals surface area contributed by atoms with Crippen LogP contribution in [-0.4, -0.2) is 114 Å². The summed E-state index contributed by atoms with van der Waals surface area (Å²) in [5.41, 5.74) is 0. The predicted molar refractivity (Wildman–Crippen MR) is 69.7 cm³/mol. The summed E-state index contributed by atoms with van der Waals surface area (Å²) < 4.78 is 14.4. The molecule has 0 aliphatic carbocycles. The molecule has 4 unspecified atom stereocenters. The van der Waals surface area contributed by atoms with E-state index in [1.165, 1.54) is 0 Å². The van der Waals surface area contributed by atoms with Gasteiger partial charge >= 0.3 is 11.9 Å². The van der Waals surface area contributed by atoms with E-state index in [4.69, 9.17) is 19.7 Å². The quantitative estimate of drug-likeness (QED) is 0.232. The van der Waals surface area contributed by atoms with E-state index in [-0.39, 0.29) is 0 Å². The smallest absolute Gasteiger partial charge is 0.335 e. The number of carbonyl (C=O) groups is 2.